The van der Waals surface area contributed by atoms with Crippen molar-refractivity contribution < 1.29 is 27.5 Å². The van der Waals surface area contributed by atoms with Gasteiger partial charge in [-0.25, -0.2) is 0 Å². The summed E-state index contributed by atoms with van der Waals surface area (Å²) >= 11 is 0. The van der Waals surface area contributed by atoms with E-state index >= 15 is 0 Å². The summed E-state index contributed by atoms with van der Waals surface area (Å²) in [7, 11) is 1.46. The highest BCUT2D eigenvalue weighted by Gasteiger charge is 2.47. The zero-order valence-electron chi connectivity index (χ0n) is 12.5. The molecule has 5 nitrogen and oxygen atoms in total. The molecule has 1 aromatic carbocycles. The fourth-order valence-corrected chi connectivity index (χ4v) is 2.48. The zero-order valence-corrected chi connectivity index (χ0v) is 12.5. The van der Waals surface area contributed by atoms with Crippen molar-refractivity contribution in [1.29, 1.82) is 0 Å². The number of hydrogen-bond acceptors (Lipinski definition) is 3. The Morgan fingerprint density at radius 1 is 1.43 bits per heavy atom. The standard InChI is InChI=1S/C15H17F3N2O3/c1-23-11-4-2-3-10(7-11)8-14(22)20-6-5-19-13(21)9-12(20)15(16,17)18/h2-4,7,12H,5-6,8-9H2,1H3,(H,19,21)/t12-/m1/s1. The molecule has 0 bridgehead atoms. The van der Waals surface area contributed by atoms with E-state index in [1.165, 1.54) is 7.11 Å². The molecule has 1 aromatic rings. The van der Waals surface area contributed by atoms with Crippen molar-refractivity contribution in [2.75, 3.05) is 20.2 Å². The van der Waals surface area contributed by atoms with Crippen molar-refractivity contribution in [2.24, 2.45) is 0 Å². The van der Waals surface area contributed by atoms with Gasteiger partial charge in [0.2, 0.25) is 11.8 Å². The van der Waals surface area contributed by atoms with Gasteiger partial charge in [-0.1, -0.05) is 12.1 Å². The lowest BCUT2D eigenvalue weighted by Gasteiger charge is -2.30. The summed E-state index contributed by atoms with van der Waals surface area (Å²) in [6.45, 7) is -0.159. The Hall–Kier alpha value is -2.25. The molecule has 0 unspecified atom stereocenters. The van der Waals surface area contributed by atoms with Crippen molar-refractivity contribution in [3.05, 3.63) is 29.8 Å². The van der Waals surface area contributed by atoms with E-state index < -0.39 is 30.5 Å². The number of alkyl halides is 3. The van der Waals surface area contributed by atoms with Gasteiger partial charge in [-0.3, -0.25) is 9.59 Å². The lowest BCUT2D eigenvalue weighted by atomic mass is 10.1. The molecule has 8 heteroatoms. The maximum atomic E-state index is 13.2. The van der Waals surface area contributed by atoms with E-state index in [9.17, 15) is 22.8 Å². The molecule has 0 aromatic heterocycles. The van der Waals surface area contributed by atoms with Crippen LogP contribution in [0.4, 0.5) is 13.2 Å². The van der Waals surface area contributed by atoms with Crippen LogP contribution in [0.1, 0.15) is 12.0 Å². The highest BCUT2D eigenvalue weighted by Crippen LogP contribution is 2.29. The second-order valence-corrected chi connectivity index (χ2v) is 5.23. The third kappa shape index (κ3) is 4.37. The molecule has 1 aliphatic heterocycles. The summed E-state index contributed by atoms with van der Waals surface area (Å²) in [5.74, 6) is -0.850. The number of carbonyl (C=O) groups is 2. The predicted molar refractivity (Wildman–Crippen MR) is 75.9 cm³/mol. The Bertz CT molecular complexity index is 590. The van der Waals surface area contributed by atoms with Crippen molar-refractivity contribution in [3.63, 3.8) is 0 Å². The molecule has 0 spiro atoms. The number of carbonyl (C=O) groups excluding carboxylic acids is 2. The van der Waals surface area contributed by atoms with Crippen LogP contribution in [0, 0.1) is 0 Å². The lowest BCUT2D eigenvalue weighted by Crippen LogP contribution is -2.49. The first-order chi connectivity index (χ1) is 10.8. The van der Waals surface area contributed by atoms with Crippen LogP contribution in [0.25, 0.3) is 0 Å². The van der Waals surface area contributed by atoms with Gasteiger partial charge in [-0.15, -0.1) is 0 Å². The maximum absolute atomic E-state index is 13.2. The summed E-state index contributed by atoms with van der Waals surface area (Å²) in [6, 6.07) is 4.49. The van der Waals surface area contributed by atoms with Gasteiger partial charge in [0.15, 0.2) is 0 Å². The number of halogens is 3. The molecule has 1 fully saturated rings. The minimum absolute atomic E-state index is 0.00919. The van der Waals surface area contributed by atoms with E-state index in [4.69, 9.17) is 4.74 Å². The second-order valence-electron chi connectivity index (χ2n) is 5.23. The van der Waals surface area contributed by atoms with Gasteiger partial charge in [0.1, 0.15) is 11.8 Å². The molecule has 0 radical (unpaired) electrons. The summed E-state index contributed by atoms with van der Waals surface area (Å²) in [5.41, 5.74) is 0.554. The molecular weight excluding hydrogens is 313 g/mol. The fraction of sp³-hybridized carbons (Fsp3) is 0.467. The Morgan fingerprint density at radius 2 is 2.17 bits per heavy atom. The maximum Gasteiger partial charge on any atom is 0.409 e. The van der Waals surface area contributed by atoms with Crippen LogP contribution in [0.15, 0.2) is 24.3 Å². The molecular formula is C15H17F3N2O3. The Labute approximate surface area is 131 Å². The highest BCUT2D eigenvalue weighted by atomic mass is 19.4. The van der Waals surface area contributed by atoms with E-state index in [0.29, 0.717) is 11.3 Å². The minimum Gasteiger partial charge on any atom is -0.497 e. The molecule has 1 N–H and O–H groups in total. The van der Waals surface area contributed by atoms with Crippen molar-refractivity contribution >= 4 is 11.8 Å². The van der Waals surface area contributed by atoms with Crippen LogP contribution in [0.3, 0.4) is 0 Å². The number of benzene rings is 1. The molecule has 0 aliphatic carbocycles. The second kappa shape index (κ2) is 6.89. The number of hydrogen-bond donors (Lipinski definition) is 1. The zero-order chi connectivity index (χ0) is 17.0. The molecule has 2 amide bonds. The van der Waals surface area contributed by atoms with E-state index in [0.717, 1.165) is 4.90 Å². The predicted octanol–water partition coefficient (Wildman–Crippen LogP) is 1.52. The molecule has 1 saturated heterocycles. The van der Waals surface area contributed by atoms with Crippen LogP contribution in [-0.2, 0) is 16.0 Å². The Kier molecular flexibility index (Phi) is 5.12. The highest BCUT2D eigenvalue weighted by molar-refractivity contribution is 5.82. The van der Waals surface area contributed by atoms with E-state index in [2.05, 4.69) is 5.32 Å². The lowest BCUT2D eigenvalue weighted by molar-refractivity contribution is -0.190. The minimum atomic E-state index is -4.65. The number of amides is 2. The van der Waals surface area contributed by atoms with E-state index in [1.54, 1.807) is 24.3 Å². The van der Waals surface area contributed by atoms with Gasteiger partial charge in [0.05, 0.1) is 20.0 Å². The van der Waals surface area contributed by atoms with Gasteiger partial charge >= 0.3 is 6.18 Å². The summed E-state index contributed by atoms with van der Waals surface area (Å²) < 4.78 is 44.5. The Morgan fingerprint density at radius 3 is 2.83 bits per heavy atom. The summed E-state index contributed by atoms with van der Waals surface area (Å²) in [4.78, 5) is 24.4. The van der Waals surface area contributed by atoms with Crippen LogP contribution in [-0.4, -0.2) is 49.1 Å². The third-order valence-electron chi connectivity index (χ3n) is 3.62. The van der Waals surface area contributed by atoms with Crippen molar-refractivity contribution in [3.8, 4) is 5.75 Å². The van der Waals surface area contributed by atoms with Crippen LogP contribution >= 0.6 is 0 Å². The average Bonchev–Trinajstić information content (AvgIpc) is 2.69. The first-order valence-corrected chi connectivity index (χ1v) is 7.07. The first-order valence-electron chi connectivity index (χ1n) is 7.07. The molecule has 23 heavy (non-hydrogen) atoms. The summed E-state index contributed by atoms with van der Waals surface area (Å²) in [6.07, 6.45) is -5.60. The number of nitrogens with one attached hydrogen (secondary N) is 1. The average molecular weight is 330 g/mol. The van der Waals surface area contributed by atoms with Gasteiger partial charge in [0, 0.05) is 13.1 Å². The molecule has 1 aliphatic rings. The number of methoxy groups -OCH3 is 1. The van der Waals surface area contributed by atoms with Gasteiger partial charge in [-0.2, -0.15) is 13.2 Å². The number of rotatable bonds is 3. The van der Waals surface area contributed by atoms with Crippen LogP contribution in [0.2, 0.25) is 0 Å². The normalized spacial score (nSPS) is 19.0. The molecule has 2 rings (SSSR count). The van der Waals surface area contributed by atoms with Crippen molar-refractivity contribution in [1.82, 2.24) is 10.2 Å². The van der Waals surface area contributed by atoms with Crippen molar-refractivity contribution in [2.45, 2.75) is 25.1 Å². The first kappa shape index (κ1) is 17.1. The molecule has 1 heterocycles. The topological polar surface area (TPSA) is 58.6 Å². The molecule has 126 valence electrons. The fourth-order valence-electron chi connectivity index (χ4n) is 2.48. The largest absolute Gasteiger partial charge is 0.497 e. The van der Waals surface area contributed by atoms with Gasteiger partial charge in [0.25, 0.3) is 0 Å². The van der Waals surface area contributed by atoms with Crippen LogP contribution < -0.4 is 10.1 Å². The van der Waals surface area contributed by atoms with E-state index in [-0.39, 0.29) is 19.5 Å². The quantitative estimate of drug-likeness (QED) is 0.914. The van der Waals surface area contributed by atoms with Gasteiger partial charge < -0.3 is 15.0 Å². The van der Waals surface area contributed by atoms with E-state index in [1.807, 2.05) is 0 Å². The van der Waals surface area contributed by atoms with Crippen LogP contribution in [0.5, 0.6) is 5.75 Å². The SMILES string of the molecule is COc1cccc(CC(=O)N2CCNC(=O)C[C@@H]2C(F)(F)F)c1. The third-order valence-corrected chi connectivity index (χ3v) is 3.62. The molecule has 0 saturated carbocycles. The number of ether oxygens (including phenoxy) is 1. The molecule has 1 atom stereocenters. The van der Waals surface area contributed by atoms with Gasteiger partial charge in [-0.05, 0) is 17.7 Å². The number of nitrogens with zero attached hydrogens (tertiary/aromatic N) is 1. The Balaban J connectivity index is 2.18. The summed E-state index contributed by atoms with van der Waals surface area (Å²) in [5, 5.41) is 2.36. The smallest absolute Gasteiger partial charge is 0.409 e. The monoisotopic (exact) mass is 330 g/mol.